The van der Waals surface area contributed by atoms with Crippen molar-refractivity contribution in [2.75, 3.05) is 18.8 Å². The molecule has 30 heavy (non-hydrogen) atoms. The van der Waals surface area contributed by atoms with Gasteiger partial charge in [0.1, 0.15) is 4.83 Å². The Kier molecular flexibility index (Phi) is 5.41. The molecule has 1 aliphatic carbocycles. The van der Waals surface area contributed by atoms with Crippen LogP contribution in [0.4, 0.5) is 18.0 Å². The van der Waals surface area contributed by atoms with Crippen LogP contribution in [0.15, 0.2) is 9.59 Å². The van der Waals surface area contributed by atoms with Crippen molar-refractivity contribution in [1.29, 1.82) is 0 Å². The van der Waals surface area contributed by atoms with Crippen LogP contribution < -0.4 is 16.6 Å². The summed E-state index contributed by atoms with van der Waals surface area (Å²) in [7, 11) is 0. The van der Waals surface area contributed by atoms with Crippen molar-refractivity contribution < 1.29 is 18.0 Å². The van der Waals surface area contributed by atoms with Crippen molar-refractivity contribution in [2.45, 2.75) is 44.9 Å². The van der Waals surface area contributed by atoms with Crippen LogP contribution in [0.1, 0.15) is 29.8 Å². The summed E-state index contributed by atoms with van der Waals surface area (Å²) in [6.07, 6.45) is 0.696. The van der Waals surface area contributed by atoms with Gasteiger partial charge in [-0.1, -0.05) is 6.92 Å². The maximum absolute atomic E-state index is 13.2. The fourth-order valence-electron chi connectivity index (χ4n) is 3.80. The quantitative estimate of drug-likeness (QED) is 0.716. The van der Waals surface area contributed by atoms with Gasteiger partial charge in [-0.15, -0.1) is 11.3 Å². The number of nitrogens with one attached hydrogen (secondary N) is 1. The zero-order chi connectivity index (χ0) is 21.8. The predicted molar refractivity (Wildman–Crippen MR) is 110 cm³/mol. The molecule has 1 N–H and O–H groups in total. The molecule has 2 aromatic heterocycles. The van der Waals surface area contributed by atoms with Crippen LogP contribution >= 0.6 is 23.1 Å². The number of hydrogen-bond donors (Lipinski definition) is 1. The number of rotatable bonds is 6. The summed E-state index contributed by atoms with van der Waals surface area (Å²) in [5.41, 5.74) is -4.66. The highest BCUT2D eigenvalue weighted by molar-refractivity contribution is 8.00. The molecule has 2 aromatic rings. The van der Waals surface area contributed by atoms with Crippen LogP contribution in [0.25, 0.3) is 10.2 Å². The van der Waals surface area contributed by atoms with E-state index in [1.807, 2.05) is 6.92 Å². The van der Waals surface area contributed by atoms with Gasteiger partial charge in [-0.25, -0.2) is 9.59 Å². The standard InChI is InChI=1S/C18H21F3N4O3S2/c1-9-7-11(9)25-14(26)13-10(2)12(8-23-4-3-22-16(23)27)30-15(13)24(17(25)28)5-6-29-18(19,20)21/h9,11H,3-8H2,1-2H3,(H,22,27). The molecule has 0 spiro atoms. The van der Waals surface area contributed by atoms with Gasteiger partial charge in [0.2, 0.25) is 0 Å². The fourth-order valence-corrected chi connectivity index (χ4v) is 5.64. The second-order valence-electron chi connectivity index (χ2n) is 7.67. The van der Waals surface area contributed by atoms with E-state index in [2.05, 4.69) is 5.32 Å². The highest BCUT2D eigenvalue weighted by atomic mass is 32.2. The Morgan fingerprint density at radius 2 is 1.97 bits per heavy atom. The minimum atomic E-state index is -4.39. The number of halogens is 3. The Labute approximate surface area is 177 Å². The Balaban J connectivity index is 1.80. The van der Waals surface area contributed by atoms with Gasteiger partial charge in [0.25, 0.3) is 5.56 Å². The minimum absolute atomic E-state index is 0.148. The zero-order valence-electron chi connectivity index (χ0n) is 16.4. The summed E-state index contributed by atoms with van der Waals surface area (Å²) < 4.78 is 40.4. The number of carbonyl (C=O) groups is 1. The molecule has 2 atom stereocenters. The molecular weight excluding hydrogens is 441 g/mol. The van der Waals surface area contributed by atoms with Crippen molar-refractivity contribution >= 4 is 39.3 Å². The van der Waals surface area contributed by atoms with E-state index in [9.17, 15) is 27.6 Å². The monoisotopic (exact) mass is 462 g/mol. The van der Waals surface area contributed by atoms with E-state index >= 15 is 0 Å². The fraction of sp³-hybridized carbons (Fsp3) is 0.611. The van der Waals surface area contributed by atoms with Gasteiger partial charge >= 0.3 is 17.2 Å². The number of carbonyl (C=O) groups excluding carboxylic acids is 1. The van der Waals surface area contributed by atoms with Crippen LogP contribution in [0.3, 0.4) is 0 Å². The molecule has 2 aliphatic rings. The highest BCUT2D eigenvalue weighted by Crippen LogP contribution is 2.41. The summed E-state index contributed by atoms with van der Waals surface area (Å²) in [5, 5.41) is 3.08. The molecule has 2 amide bonds. The van der Waals surface area contributed by atoms with Crippen LogP contribution in [0.5, 0.6) is 0 Å². The summed E-state index contributed by atoms with van der Waals surface area (Å²) in [4.78, 5) is 40.9. The second kappa shape index (κ2) is 7.63. The van der Waals surface area contributed by atoms with Crippen LogP contribution in [0, 0.1) is 12.8 Å². The third-order valence-corrected chi connectivity index (χ3v) is 7.61. The first-order valence-corrected chi connectivity index (χ1v) is 11.4. The van der Waals surface area contributed by atoms with E-state index in [1.54, 1.807) is 11.8 Å². The van der Waals surface area contributed by atoms with E-state index < -0.39 is 16.8 Å². The van der Waals surface area contributed by atoms with Crippen molar-refractivity contribution in [3.63, 3.8) is 0 Å². The van der Waals surface area contributed by atoms with Gasteiger partial charge in [-0.05, 0) is 36.6 Å². The molecule has 4 rings (SSSR count). The lowest BCUT2D eigenvalue weighted by Gasteiger charge is -2.12. The summed E-state index contributed by atoms with van der Waals surface area (Å²) in [6.45, 7) is 4.91. The normalized spacial score (nSPS) is 21.5. The van der Waals surface area contributed by atoms with Crippen molar-refractivity contribution in [1.82, 2.24) is 19.4 Å². The lowest BCUT2D eigenvalue weighted by Crippen LogP contribution is -2.40. The smallest absolute Gasteiger partial charge is 0.336 e. The molecule has 2 fully saturated rings. The minimum Gasteiger partial charge on any atom is -0.336 e. The Hall–Kier alpha value is -1.95. The molecule has 0 bridgehead atoms. The van der Waals surface area contributed by atoms with Gasteiger partial charge < -0.3 is 10.2 Å². The molecule has 1 saturated carbocycles. The number of amides is 2. The number of nitrogens with zero attached hydrogens (tertiary/aromatic N) is 3. The number of urea groups is 1. The molecule has 12 heteroatoms. The number of alkyl halides is 3. The zero-order valence-corrected chi connectivity index (χ0v) is 18.0. The van der Waals surface area contributed by atoms with E-state index in [-0.39, 0.29) is 42.1 Å². The number of aromatic nitrogens is 2. The number of aryl methyl sites for hydroxylation is 2. The number of thiophene rings is 1. The highest BCUT2D eigenvalue weighted by Gasteiger charge is 2.38. The molecule has 7 nitrogen and oxygen atoms in total. The Morgan fingerprint density at radius 1 is 1.27 bits per heavy atom. The van der Waals surface area contributed by atoms with Gasteiger partial charge in [-0.3, -0.25) is 13.9 Å². The van der Waals surface area contributed by atoms with Gasteiger partial charge in [-0.2, -0.15) is 13.2 Å². The lowest BCUT2D eigenvalue weighted by molar-refractivity contribution is -0.0328. The molecule has 0 aromatic carbocycles. The molecular formula is C18H21F3N4O3S2. The summed E-state index contributed by atoms with van der Waals surface area (Å²) >= 11 is 1.02. The van der Waals surface area contributed by atoms with E-state index in [1.165, 1.54) is 20.5 Å². The maximum atomic E-state index is 13.2. The average molecular weight is 463 g/mol. The molecule has 0 radical (unpaired) electrons. The first kappa shape index (κ1) is 21.3. The van der Waals surface area contributed by atoms with Crippen LogP contribution in [0.2, 0.25) is 0 Å². The topological polar surface area (TPSA) is 76.3 Å². The van der Waals surface area contributed by atoms with Crippen molar-refractivity contribution in [3.8, 4) is 0 Å². The van der Waals surface area contributed by atoms with Gasteiger partial charge in [0.15, 0.2) is 0 Å². The van der Waals surface area contributed by atoms with E-state index in [4.69, 9.17) is 0 Å². The predicted octanol–water partition coefficient (Wildman–Crippen LogP) is 2.89. The van der Waals surface area contributed by atoms with E-state index in [0.717, 1.165) is 4.88 Å². The largest absolute Gasteiger partial charge is 0.441 e. The number of thioether (sulfide) groups is 1. The Bertz CT molecular complexity index is 1120. The molecule has 2 unspecified atom stereocenters. The molecule has 1 aliphatic heterocycles. The second-order valence-corrected chi connectivity index (χ2v) is 9.91. The molecule has 164 valence electrons. The first-order valence-electron chi connectivity index (χ1n) is 9.59. The van der Waals surface area contributed by atoms with Crippen molar-refractivity contribution in [2.24, 2.45) is 5.92 Å². The summed E-state index contributed by atoms with van der Waals surface area (Å²) in [6, 6.07) is -0.418. The number of fused-ring (bicyclic) bond motifs is 1. The molecule has 3 heterocycles. The number of hydrogen-bond acceptors (Lipinski definition) is 5. The summed E-state index contributed by atoms with van der Waals surface area (Å²) in [5.74, 6) is -0.143. The van der Waals surface area contributed by atoms with Crippen molar-refractivity contribution in [3.05, 3.63) is 31.3 Å². The first-order chi connectivity index (χ1) is 14.1. The van der Waals surface area contributed by atoms with Gasteiger partial charge in [0, 0.05) is 36.3 Å². The van der Waals surface area contributed by atoms with Gasteiger partial charge in [0.05, 0.1) is 11.9 Å². The van der Waals surface area contributed by atoms with E-state index in [0.29, 0.717) is 41.8 Å². The third kappa shape index (κ3) is 3.86. The lowest BCUT2D eigenvalue weighted by atomic mass is 10.2. The molecule has 1 saturated heterocycles. The Morgan fingerprint density at radius 3 is 2.53 bits per heavy atom. The maximum Gasteiger partial charge on any atom is 0.441 e. The van der Waals surface area contributed by atoms with Crippen LogP contribution in [-0.2, 0) is 13.1 Å². The average Bonchev–Trinajstić information content (AvgIpc) is 3.06. The SMILES string of the molecule is Cc1c(CN2CCNC2=O)sc2c1c(=O)n(C1CC1C)c(=O)n2CCSC(F)(F)F. The van der Waals surface area contributed by atoms with Crippen LogP contribution in [-0.4, -0.2) is 44.4 Å². The third-order valence-electron chi connectivity index (χ3n) is 5.60.